The van der Waals surface area contributed by atoms with Crippen LogP contribution in [0, 0.1) is 0 Å². The van der Waals surface area contributed by atoms with Crippen molar-refractivity contribution in [3.63, 3.8) is 0 Å². The molecule has 2 rings (SSSR count). The lowest BCUT2D eigenvalue weighted by Crippen LogP contribution is -2.37. The van der Waals surface area contributed by atoms with E-state index in [1.54, 1.807) is 14.2 Å². The summed E-state index contributed by atoms with van der Waals surface area (Å²) in [6.45, 7) is 6.57. The molecule has 1 aliphatic heterocycles. The first kappa shape index (κ1) is 16.1. The molecule has 1 fully saturated rings. The third-order valence-corrected chi connectivity index (χ3v) is 4.09. The van der Waals surface area contributed by atoms with Crippen molar-refractivity contribution in [2.24, 2.45) is 0 Å². The number of hydrogen-bond donors (Lipinski definition) is 1. The molecule has 0 spiro atoms. The molecule has 4 nitrogen and oxygen atoms in total. The fourth-order valence-corrected chi connectivity index (χ4v) is 2.99. The van der Waals surface area contributed by atoms with E-state index < -0.39 is 0 Å². The summed E-state index contributed by atoms with van der Waals surface area (Å²) in [5.41, 5.74) is 1.23. The van der Waals surface area contributed by atoms with Crippen LogP contribution in [0.2, 0.25) is 0 Å². The number of hydrogen-bond acceptors (Lipinski definition) is 4. The minimum absolute atomic E-state index is 0.613. The average Bonchev–Trinajstić information content (AvgIpc) is 2.73. The third-order valence-electron chi connectivity index (χ3n) is 4.09. The number of rotatable bonds is 6. The van der Waals surface area contributed by atoms with Gasteiger partial charge in [-0.1, -0.05) is 19.4 Å². The van der Waals surface area contributed by atoms with Gasteiger partial charge in [0.15, 0.2) is 0 Å². The highest BCUT2D eigenvalue weighted by molar-refractivity contribution is 5.40. The van der Waals surface area contributed by atoms with Crippen molar-refractivity contribution in [3.8, 4) is 11.5 Å². The Bertz CT molecular complexity index is 437. The zero-order chi connectivity index (χ0) is 15.1. The van der Waals surface area contributed by atoms with Crippen molar-refractivity contribution < 1.29 is 9.47 Å². The number of nitrogens with zero attached hydrogens (tertiary/aromatic N) is 1. The summed E-state index contributed by atoms with van der Waals surface area (Å²) in [7, 11) is 3.41. The Balaban J connectivity index is 2.05. The maximum Gasteiger partial charge on any atom is 0.127 e. The number of methoxy groups -OCH3 is 2. The highest BCUT2D eigenvalue weighted by atomic mass is 16.5. The highest BCUT2D eigenvalue weighted by Crippen LogP contribution is 2.26. The summed E-state index contributed by atoms with van der Waals surface area (Å²) in [4.78, 5) is 2.53. The van der Waals surface area contributed by atoms with Gasteiger partial charge in [-0.25, -0.2) is 0 Å². The van der Waals surface area contributed by atoms with Gasteiger partial charge in [0.1, 0.15) is 11.5 Å². The van der Waals surface area contributed by atoms with Crippen LogP contribution in [0.5, 0.6) is 11.5 Å². The van der Waals surface area contributed by atoms with Gasteiger partial charge in [0.2, 0.25) is 0 Å². The Kier molecular flexibility index (Phi) is 6.33. The second-order valence-corrected chi connectivity index (χ2v) is 5.71. The van der Waals surface area contributed by atoms with Gasteiger partial charge in [0.25, 0.3) is 0 Å². The third kappa shape index (κ3) is 4.61. The van der Waals surface area contributed by atoms with Gasteiger partial charge in [-0.2, -0.15) is 0 Å². The molecule has 1 aromatic rings. The Hall–Kier alpha value is -1.26. The van der Waals surface area contributed by atoms with E-state index in [0.29, 0.717) is 6.04 Å². The molecule has 1 N–H and O–H groups in total. The van der Waals surface area contributed by atoms with Crippen LogP contribution in [0.15, 0.2) is 18.2 Å². The Morgan fingerprint density at radius 1 is 1.29 bits per heavy atom. The predicted molar refractivity (Wildman–Crippen MR) is 86.1 cm³/mol. The number of benzene rings is 1. The van der Waals surface area contributed by atoms with E-state index in [-0.39, 0.29) is 0 Å². The van der Waals surface area contributed by atoms with Gasteiger partial charge >= 0.3 is 0 Å². The summed E-state index contributed by atoms with van der Waals surface area (Å²) in [5, 5.41) is 3.65. The summed E-state index contributed by atoms with van der Waals surface area (Å²) in [5.74, 6) is 1.76. The number of nitrogens with one attached hydrogen (secondary N) is 1. The van der Waals surface area contributed by atoms with Crippen LogP contribution in [-0.4, -0.2) is 44.8 Å². The van der Waals surface area contributed by atoms with Crippen molar-refractivity contribution in [2.45, 2.75) is 38.8 Å². The molecular weight excluding hydrogens is 264 g/mol. The number of ether oxygens (including phenoxy) is 2. The molecule has 4 heteroatoms. The molecule has 0 bridgehead atoms. The average molecular weight is 292 g/mol. The zero-order valence-electron chi connectivity index (χ0n) is 13.5. The van der Waals surface area contributed by atoms with Crippen LogP contribution in [0.3, 0.4) is 0 Å². The van der Waals surface area contributed by atoms with Gasteiger partial charge in [-0.3, -0.25) is 4.90 Å². The van der Waals surface area contributed by atoms with Crippen molar-refractivity contribution in [3.05, 3.63) is 23.8 Å². The van der Waals surface area contributed by atoms with Gasteiger partial charge in [-0.15, -0.1) is 0 Å². The smallest absolute Gasteiger partial charge is 0.127 e. The lowest BCUT2D eigenvalue weighted by molar-refractivity contribution is 0.250. The molecule has 0 radical (unpaired) electrons. The second-order valence-electron chi connectivity index (χ2n) is 5.71. The van der Waals surface area contributed by atoms with Crippen molar-refractivity contribution in [1.29, 1.82) is 0 Å². The highest BCUT2D eigenvalue weighted by Gasteiger charge is 2.18. The minimum Gasteiger partial charge on any atom is -0.497 e. The van der Waals surface area contributed by atoms with Crippen molar-refractivity contribution in [1.82, 2.24) is 10.2 Å². The summed E-state index contributed by atoms with van der Waals surface area (Å²) < 4.78 is 10.8. The minimum atomic E-state index is 0.613. The molecule has 1 aliphatic rings. The fourth-order valence-electron chi connectivity index (χ4n) is 2.99. The molecule has 0 saturated carbocycles. The molecule has 1 aromatic carbocycles. The van der Waals surface area contributed by atoms with E-state index in [4.69, 9.17) is 9.47 Å². The molecule has 21 heavy (non-hydrogen) atoms. The Labute approximate surface area is 128 Å². The molecule has 1 heterocycles. The maximum atomic E-state index is 5.51. The van der Waals surface area contributed by atoms with Crippen LogP contribution < -0.4 is 14.8 Å². The summed E-state index contributed by atoms with van der Waals surface area (Å²) in [6.07, 6.45) is 3.69. The monoisotopic (exact) mass is 292 g/mol. The maximum absolute atomic E-state index is 5.51. The van der Waals surface area contributed by atoms with E-state index in [1.165, 1.54) is 24.8 Å². The summed E-state index contributed by atoms with van der Waals surface area (Å²) >= 11 is 0. The van der Waals surface area contributed by atoms with Gasteiger partial charge < -0.3 is 14.8 Å². The second kappa shape index (κ2) is 8.25. The normalized spacial score (nSPS) is 20.0. The van der Waals surface area contributed by atoms with Crippen molar-refractivity contribution >= 4 is 0 Å². The van der Waals surface area contributed by atoms with E-state index in [9.17, 15) is 0 Å². The zero-order valence-corrected chi connectivity index (χ0v) is 13.5. The van der Waals surface area contributed by atoms with Crippen LogP contribution in [0.1, 0.15) is 31.7 Å². The lowest BCUT2D eigenvalue weighted by Gasteiger charge is -2.25. The van der Waals surface area contributed by atoms with Gasteiger partial charge in [0, 0.05) is 30.8 Å². The largest absolute Gasteiger partial charge is 0.497 e. The standard InChI is InChI=1S/C17H28N2O2/c1-4-6-15-13-19(10-5-9-18-15)12-14-7-8-16(20-2)11-17(14)21-3/h7-8,11,15,18H,4-6,9-10,12-13H2,1-3H3. The van der Waals surface area contributed by atoms with Crippen LogP contribution in [0.25, 0.3) is 0 Å². The Morgan fingerprint density at radius 2 is 2.14 bits per heavy atom. The van der Waals surface area contributed by atoms with Gasteiger partial charge in [0.05, 0.1) is 14.2 Å². The Morgan fingerprint density at radius 3 is 2.86 bits per heavy atom. The van der Waals surface area contributed by atoms with Crippen LogP contribution >= 0.6 is 0 Å². The van der Waals surface area contributed by atoms with Crippen molar-refractivity contribution in [2.75, 3.05) is 33.9 Å². The van der Waals surface area contributed by atoms with E-state index in [2.05, 4.69) is 23.2 Å². The fraction of sp³-hybridized carbons (Fsp3) is 0.647. The van der Waals surface area contributed by atoms with E-state index in [0.717, 1.165) is 37.7 Å². The molecule has 0 aromatic heterocycles. The van der Waals surface area contributed by atoms with Crippen LogP contribution in [-0.2, 0) is 6.54 Å². The molecule has 1 atom stereocenters. The first-order chi connectivity index (χ1) is 10.3. The van der Waals surface area contributed by atoms with E-state index in [1.807, 2.05) is 12.1 Å². The van der Waals surface area contributed by atoms with Gasteiger partial charge in [-0.05, 0) is 32.0 Å². The lowest BCUT2D eigenvalue weighted by atomic mass is 10.1. The predicted octanol–water partition coefficient (Wildman–Crippen LogP) is 2.67. The molecule has 118 valence electrons. The molecular formula is C17H28N2O2. The van der Waals surface area contributed by atoms with E-state index >= 15 is 0 Å². The molecule has 0 aliphatic carbocycles. The first-order valence-corrected chi connectivity index (χ1v) is 7.93. The quantitative estimate of drug-likeness (QED) is 0.874. The first-order valence-electron chi connectivity index (χ1n) is 7.93. The molecule has 1 unspecified atom stereocenters. The topological polar surface area (TPSA) is 33.7 Å². The molecule has 0 amide bonds. The summed E-state index contributed by atoms with van der Waals surface area (Å²) in [6, 6.07) is 6.71. The van der Waals surface area contributed by atoms with Crippen LogP contribution in [0.4, 0.5) is 0 Å². The molecule has 1 saturated heterocycles. The SMILES string of the molecule is CCCC1CN(Cc2ccc(OC)cc2OC)CCCN1.